The van der Waals surface area contributed by atoms with E-state index in [1.807, 2.05) is 11.3 Å². The van der Waals surface area contributed by atoms with Gasteiger partial charge in [0, 0.05) is 41.1 Å². The van der Waals surface area contributed by atoms with E-state index in [9.17, 15) is 0 Å². The molecule has 0 unspecified atom stereocenters. The van der Waals surface area contributed by atoms with E-state index in [1.165, 1.54) is 69.9 Å². The molecule has 0 fully saturated rings. The van der Waals surface area contributed by atoms with Crippen LogP contribution in [0, 0.1) is 0 Å². The van der Waals surface area contributed by atoms with Crippen LogP contribution in [0.2, 0.25) is 0 Å². The Morgan fingerprint density at radius 1 is 0.436 bits per heavy atom. The van der Waals surface area contributed by atoms with Crippen LogP contribution in [-0.4, -0.2) is 4.57 Å². The van der Waals surface area contributed by atoms with Crippen LogP contribution in [0.25, 0.3) is 69.9 Å². The molecule has 39 heavy (non-hydrogen) atoms. The topological polar surface area (TPSA) is 4.93 Å². The van der Waals surface area contributed by atoms with Crippen LogP contribution in [0.5, 0.6) is 0 Å². The predicted octanol–water partition coefficient (Wildman–Crippen LogP) is 11.2. The zero-order valence-electron chi connectivity index (χ0n) is 20.9. The fraction of sp³-hybridized carbons (Fsp3) is 0. The molecule has 8 aromatic rings. The third kappa shape index (κ3) is 3.73. The Hall–Kier alpha value is -4.18. The average molecular weight is 581 g/mol. The molecule has 0 spiro atoms. The monoisotopic (exact) mass is 579 g/mol. The molecule has 0 saturated heterocycles. The summed E-state index contributed by atoms with van der Waals surface area (Å²) in [6, 6.07) is 48.6. The minimum absolute atomic E-state index is 1.10. The van der Waals surface area contributed by atoms with Crippen LogP contribution < -0.4 is 0 Å². The Morgan fingerprint density at radius 3 is 1.69 bits per heavy atom. The van der Waals surface area contributed by atoms with Gasteiger partial charge < -0.3 is 4.57 Å². The van der Waals surface area contributed by atoms with Crippen molar-refractivity contribution in [3.8, 4) is 27.9 Å². The molecule has 8 rings (SSSR count). The minimum atomic E-state index is 1.10. The number of hydrogen-bond donors (Lipinski definition) is 0. The van der Waals surface area contributed by atoms with Crippen molar-refractivity contribution >= 4 is 69.2 Å². The van der Waals surface area contributed by atoms with Crippen LogP contribution in [0.15, 0.2) is 138 Å². The first-order valence-electron chi connectivity index (χ1n) is 13.0. The van der Waals surface area contributed by atoms with Crippen LogP contribution in [0.1, 0.15) is 0 Å². The standard InChI is InChI=1S/C36H22BrNS/c37-27-15-10-23(11-16-27)24-13-18-35-31(21-24)32-22-26(14-19-36(32)39-35)25-12-17-34-30(20-25)29-8-4-5-9-33(29)38(34)28-6-2-1-3-7-28/h1-22H. The van der Waals surface area contributed by atoms with Crippen molar-refractivity contribution in [3.63, 3.8) is 0 Å². The molecule has 0 N–H and O–H groups in total. The number of thiophene rings is 1. The first-order chi connectivity index (χ1) is 19.2. The molecule has 2 aromatic heterocycles. The Balaban J connectivity index is 1.30. The fourth-order valence-corrected chi connectivity index (χ4v) is 7.12. The van der Waals surface area contributed by atoms with Gasteiger partial charge in [0.25, 0.3) is 0 Å². The Morgan fingerprint density at radius 2 is 0.974 bits per heavy atom. The number of nitrogens with zero attached hydrogens (tertiary/aromatic N) is 1. The zero-order valence-corrected chi connectivity index (χ0v) is 23.3. The lowest BCUT2D eigenvalue weighted by Gasteiger charge is -2.08. The second kappa shape index (κ2) is 8.94. The molecule has 2 heterocycles. The van der Waals surface area contributed by atoms with E-state index in [-0.39, 0.29) is 0 Å². The molecule has 0 aliphatic carbocycles. The average Bonchev–Trinajstić information content (AvgIpc) is 3.52. The van der Waals surface area contributed by atoms with Gasteiger partial charge >= 0.3 is 0 Å². The van der Waals surface area contributed by atoms with Crippen LogP contribution in [0.3, 0.4) is 0 Å². The molecule has 0 saturated carbocycles. The lowest BCUT2D eigenvalue weighted by molar-refractivity contribution is 1.18. The Kier molecular flexibility index (Phi) is 5.22. The van der Waals surface area contributed by atoms with Gasteiger partial charge in [0.05, 0.1) is 11.0 Å². The van der Waals surface area contributed by atoms with Crippen LogP contribution >= 0.6 is 27.3 Å². The SMILES string of the molecule is Brc1ccc(-c2ccc3sc4ccc(-c5ccc6c(c5)c5ccccc5n6-c5ccccc5)cc4c3c2)cc1. The van der Waals surface area contributed by atoms with Crippen molar-refractivity contribution in [1.82, 2.24) is 4.57 Å². The quantitative estimate of drug-likeness (QED) is 0.196. The second-order valence-corrected chi connectivity index (χ2v) is 12.0. The lowest BCUT2D eigenvalue weighted by atomic mass is 9.99. The third-order valence-electron chi connectivity index (χ3n) is 7.67. The summed E-state index contributed by atoms with van der Waals surface area (Å²) in [7, 11) is 0. The number of halogens is 1. The molecule has 0 amide bonds. The summed E-state index contributed by atoms with van der Waals surface area (Å²) in [5.41, 5.74) is 8.61. The van der Waals surface area contributed by atoms with Crippen molar-refractivity contribution in [2.24, 2.45) is 0 Å². The minimum Gasteiger partial charge on any atom is -0.309 e. The first kappa shape index (κ1) is 22.8. The van der Waals surface area contributed by atoms with Crippen LogP contribution in [-0.2, 0) is 0 Å². The summed E-state index contributed by atoms with van der Waals surface area (Å²) in [6.07, 6.45) is 0. The number of benzene rings is 6. The molecule has 184 valence electrons. The maximum absolute atomic E-state index is 3.56. The highest BCUT2D eigenvalue weighted by Crippen LogP contribution is 2.40. The molecule has 0 aliphatic heterocycles. The molecular weight excluding hydrogens is 558 g/mol. The summed E-state index contributed by atoms with van der Waals surface area (Å²) in [5.74, 6) is 0. The molecular formula is C36H22BrNS. The van der Waals surface area contributed by atoms with Gasteiger partial charge in [0.2, 0.25) is 0 Å². The molecule has 0 radical (unpaired) electrons. The number of fused-ring (bicyclic) bond motifs is 6. The molecule has 0 bridgehead atoms. The molecule has 6 aromatic carbocycles. The van der Waals surface area contributed by atoms with Crippen molar-refractivity contribution in [2.45, 2.75) is 0 Å². The summed E-state index contributed by atoms with van der Waals surface area (Å²) in [5, 5.41) is 5.19. The van der Waals surface area contributed by atoms with Crippen molar-refractivity contribution in [1.29, 1.82) is 0 Å². The van der Waals surface area contributed by atoms with Crippen molar-refractivity contribution in [3.05, 3.63) is 138 Å². The highest BCUT2D eigenvalue weighted by molar-refractivity contribution is 9.10. The van der Waals surface area contributed by atoms with Crippen molar-refractivity contribution < 1.29 is 0 Å². The van der Waals surface area contributed by atoms with E-state index < -0.39 is 0 Å². The molecule has 1 nitrogen and oxygen atoms in total. The maximum atomic E-state index is 3.56. The first-order valence-corrected chi connectivity index (χ1v) is 14.7. The van der Waals surface area contributed by atoms with E-state index in [4.69, 9.17) is 0 Å². The summed E-state index contributed by atoms with van der Waals surface area (Å²) >= 11 is 5.42. The maximum Gasteiger partial charge on any atom is 0.0541 e. The molecule has 0 atom stereocenters. The molecule has 3 heteroatoms. The van der Waals surface area contributed by atoms with Gasteiger partial charge in [-0.2, -0.15) is 0 Å². The summed E-state index contributed by atoms with van der Waals surface area (Å²) in [6.45, 7) is 0. The second-order valence-electron chi connectivity index (χ2n) is 9.95. The predicted molar refractivity (Wildman–Crippen MR) is 172 cm³/mol. The van der Waals surface area contributed by atoms with E-state index in [0.717, 1.165) is 4.47 Å². The van der Waals surface area contributed by atoms with Gasteiger partial charge in [-0.3, -0.25) is 0 Å². The van der Waals surface area contributed by atoms with Crippen molar-refractivity contribution in [2.75, 3.05) is 0 Å². The van der Waals surface area contributed by atoms with Gasteiger partial charge in [0.15, 0.2) is 0 Å². The number of para-hydroxylation sites is 2. The number of aromatic nitrogens is 1. The summed E-state index contributed by atoms with van der Waals surface area (Å²) in [4.78, 5) is 0. The van der Waals surface area contributed by atoms with E-state index in [0.29, 0.717) is 0 Å². The largest absolute Gasteiger partial charge is 0.309 e. The lowest BCUT2D eigenvalue weighted by Crippen LogP contribution is -1.92. The Labute approximate surface area is 238 Å². The van der Waals surface area contributed by atoms with Gasteiger partial charge in [0.1, 0.15) is 0 Å². The van der Waals surface area contributed by atoms with Gasteiger partial charge in [-0.1, -0.05) is 82.7 Å². The van der Waals surface area contributed by atoms with E-state index in [2.05, 4.69) is 154 Å². The van der Waals surface area contributed by atoms with E-state index in [1.54, 1.807) is 0 Å². The zero-order chi connectivity index (χ0) is 25.9. The highest BCUT2D eigenvalue weighted by Gasteiger charge is 2.14. The van der Waals surface area contributed by atoms with E-state index >= 15 is 0 Å². The smallest absolute Gasteiger partial charge is 0.0541 e. The van der Waals surface area contributed by atoms with Gasteiger partial charge in [-0.25, -0.2) is 0 Å². The number of rotatable bonds is 3. The summed E-state index contributed by atoms with van der Waals surface area (Å²) < 4.78 is 6.11. The van der Waals surface area contributed by atoms with Crippen LogP contribution in [0.4, 0.5) is 0 Å². The molecule has 0 aliphatic rings. The normalized spacial score (nSPS) is 11.7. The number of hydrogen-bond acceptors (Lipinski definition) is 1. The highest BCUT2D eigenvalue weighted by atomic mass is 79.9. The fourth-order valence-electron chi connectivity index (χ4n) is 5.79. The van der Waals surface area contributed by atoms with Gasteiger partial charge in [-0.05, 0) is 89.0 Å². The Bertz CT molecular complexity index is 2170. The van der Waals surface area contributed by atoms with Gasteiger partial charge in [-0.15, -0.1) is 11.3 Å². The third-order valence-corrected chi connectivity index (χ3v) is 9.35.